The monoisotopic (exact) mass is 397 g/mol. The van der Waals surface area contributed by atoms with Crippen LogP contribution in [-0.4, -0.2) is 49.6 Å². The summed E-state index contributed by atoms with van der Waals surface area (Å²) < 4.78 is 15.7. The first-order valence-electron chi connectivity index (χ1n) is 9.39. The number of fused-ring (bicyclic) bond motifs is 1. The van der Waals surface area contributed by atoms with Crippen LogP contribution in [0.15, 0.2) is 42.5 Å². The van der Waals surface area contributed by atoms with E-state index < -0.39 is 5.97 Å². The van der Waals surface area contributed by atoms with E-state index >= 15 is 0 Å². The maximum Gasteiger partial charge on any atom is 0.305 e. The summed E-state index contributed by atoms with van der Waals surface area (Å²) in [4.78, 5) is 37.8. The number of benzene rings is 2. The van der Waals surface area contributed by atoms with E-state index in [2.05, 4.69) is 0 Å². The SMILES string of the molecule is COc1ccc(OCCOC(=O)CCCN2C(=O)c3ccc(C)cc3C2=O)cc1. The topological polar surface area (TPSA) is 82.1 Å². The number of methoxy groups -OCH3 is 1. The minimum atomic E-state index is -0.393. The maximum atomic E-state index is 12.4. The van der Waals surface area contributed by atoms with Crippen molar-refractivity contribution in [3.05, 3.63) is 59.2 Å². The van der Waals surface area contributed by atoms with Gasteiger partial charge in [0.2, 0.25) is 0 Å². The van der Waals surface area contributed by atoms with Crippen molar-refractivity contribution in [1.29, 1.82) is 0 Å². The number of esters is 1. The summed E-state index contributed by atoms with van der Waals surface area (Å²) in [5, 5.41) is 0. The Hall–Kier alpha value is -3.35. The Morgan fingerprint density at radius 3 is 2.34 bits per heavy atom. The van der Waals surface area contributed by atoms with Gasteiger partial charge in [0, 0.05) is 13.0 Å². The lowest BCUT2D eigenvalue weighted by atomic mass is 10.1. The zero-order chi connectivity index (χ0) is 20.8. The summed E-state index contributed by atoms with van der Waals surface area (Å²) >= 11 is 0. The molecule has 0 saturated heterocycles. The molecule has 0 fully saturated rings. The summed E-state index contributed by atoms with van der Waals surface area (Å²) in [6, 6.07) is 12.3. The fraction of sp³-hybridized carbons (Fsp3) is 0.318. The van der Waals surface area contributed by atoms with Gasteiger partial charge in [-0.3, -0.25) is 19.3 Å². The molecular weight excluding hydrogens is 374 g/mol. The van der Waals surface area contributed by atoms with E-state index in [1.807, 2.05) is 6.92 Å². The van der Waals surface area contributed by atoms with Crippen molar-refractivity contribution in [2.45, 2.75) is 19.8 Å². The molecule has 0 spiro atoms. The molecule has 1 aliphatic rings. The van der Waals surface area contributed by atoms with Crippen LogP contribution in [0, 0.1) is 6.92 Å². The number of rotatable bonds is 9. The summed E-state index contributed by atoms with van der Waals surface area (Å²) in [5.74, 6) is 0.372. The normalized spacial score (nSPS) is 12.7. The van der Waals surface area contributed by atoms with Gasteiger partial charge in [0.1, 0.15) is 24.7 Å². The predicted molar refractivity (Wildman–Crippen MR) is 105 cm³/mol. The van der Waals surface area contributed by atoms with Gasteiger partial charge in [0.15, 0.2) is 0 Å². The lowest BCUT2D eigenvalue weighted by Crippen LogP contribution is -2.31. The van der Waals surface area contributed by atoms with Crippen LogP contribution in [-0.2, 0) is 9.53 Å². The molecule has 1 aliphatic heterocycles. The first-order chi connectivity index (χ1) is 14.0. The minimum Gasteiger partial charge on any atom is -0.497 e. The summed E-state index contributed by atoms with van der Waals surface area (Å²) in [7, 11) is 1.59. The fourth-order valence-corrected chi connectivity index (χ4v) is 3.05. The molecule has 7 nitrogen and oxygen atoms in total. The molecule has 1 heterocycles. The van der Waals surface area contributed by atoms with Crippen molar-refractivity contribution >= 4 is 17.8 Å². The van der Waals surface area contributed by atoms with Gasteiger partial charge in [-0.1, -0.05) is 11.6 Å². The Bertz CT molecular complexity index is 906. The Balaban J connectivity index is 1.36. The highest BCUT2D eigenvalue weighted by Crippen LogP contribution is 2.24. The van der Waals surface area contributed by atoms with Crippen LogP contribution in [0.2, 0.25) is 0 Å². The van der Waals surface area contributed by atoms with E-state index in [0.29, 0.717) is 23.3 Å². The lowest BCUT2D eigenvalue weighted by molar-refractivity contribution is -0.144. The van der Waals surface area contributed by atoms with Gasteiger partial charge in [0.25, 0.3) is 11.8 Å². The van der Waals surface area contributed by atoms with Crippen LogP contribution >= 0.6 is 0 Å². The van der Waals surface area contributed by atoms with Crippen molar-refractivity contribution in [2.24, 2.45) is 0 Å². The van der Waals surface area contributed by atoms with Crippen LogP contribution in [0.1, 0.15) is 39.1 Å². The average molecular weight is 397 g/mol. The van der Waals surface area contributed by atoms with Gasteiger partial charge in [-0.15, -0.1) is 0 Å². The Kier molecular flexibility index (Phi) is 6.49. The van der Waals surface area contributed by atoms with Crippen molar-refractivity contribution in [3.63, 3.8) is 0 Å². The van der Waals surface area contributed by atoms with E-state index in [1.54, 1.807) is 49.6 Å². The molecule has 0 unspecified atom stereocenters. The second kappa shape index (κ2) is 9.23. The second-order valence-corrected chi connectivity index (χ2v) is 6.66. The number of carbonyl (C=O) groups is 3. The third-order valence-corrected chi connectivity index (χ3v) is 4.56. The molecule has 2 amide bonds. The summed E-state index contributed by atoms with van der Waals surface area (Å²) in [6.45, 7) is 2.41. The van der Waals surface area contributed by atoms with Crippen molar-refractivity contribution < 1.29 is 28.6 Å². The molecule has 0 radical (unpaired) electrons. The fourth-order valence-electron chi connectivity index (χ4n) is 3.05. The number of hydrogen-bond donors (Lipinski definition) is 0. The molecule has 2 aromatic rings. The minimum absolute atomic E-state index is 0.120. The van der Waals surface area contributed by atoms with Crippen LogP contribution < -0.4 is 9.47 Å². The molecule has 152 valence electrons. The number of nitrogens with zero attached hydrogens (tertiary/aromatic N) is 1. The number of ether oxygens (including phenoxy) is 3. The summed E-state index contributed by atoms with van der Waals surface area (Å²) in [6.07, 6.45) is 0.470. The van der Waals surface area contributed by atoms with Crippen molar-refractivity contribution in [1.82, 2.24) is 4.90 Å². The molecule has 7 heteroatoms. The molecule has 0 aromatic heterocycles. The highest BCUT2D eigenvalue weighted by Gasteiger charge is 2.34. The van der Waals surface area contributed by atoms with Crippen LogP contribution in [0.5, 0.6) is 11.5 Å². The van der Waals surface area contributed by atoms with Crippen molar-refractivity contribution in [2.75, 3.05) is 26.9 Å². The largest absolute Gasteiger partial charge is 0.497 e. The third kappa shape index (κ3) is 4.93. The first kappa shape index (κ1) is 20.4. The van der Waals surface area contributed by atoms with Gasteiger partial charge in [0.05, 0.1) is 18.2 Å². The van der Waals surface area contributed by atoms with E-state index in [-0.39, 0.29) is 38.0 Å². The molecule has 0 atom stereocenters. The lowest BCUT2D eigenvalue weighted by Gasteiger charge is -2.13. The molecule has 2 aromatic carbocycles. The van der Waals surface area contributed by atoms with Gasteiger partial charge in [-0.05, 0) is 49.7 Å². The van der Waals surface area contributed by atoms with Crippen LogP contribution in [0.3, 0.4) is 0 Å². The predicted octanol–water partition coefficient (Wildman–Crippen LogP) is 3.00. The van der Waals surface area contributed by atoms with Gasteiger partial charge in [-0.2, -0.15) is 0 Å². The second-order valence-electron chi connectivity index (χ2n) is 6.66. The highest BCUT2D eigenvalue weighted by atomic mass is 16.6. The van der Waals surface area contributed by atoms with Crippen LogP contribution in [0.25, 0.3) is 0 Å². The highest BCUT2D eigenvalue weighted by molar-refractivity contribution is 6.21. The van der Waals surface area contributed by atoms with Gasteiger partial charge < -0.3 is 14.2 Å². The zero-order valence-corrected chi connectivity index (χ0v) is 16.5. The average Bonchev–Trinajstić information content (AvgIpc) is 2.96. The number of carbonyl (C=O) groups excluding carboxylic acids is 3. The molecule has 0 saturated carbocycles. The molecule has 0 N–H and O–H groups in total. The molecule has 0 aliphatic carbocycles. The zero-order valence-electron chi connectivity index (χ0n) is 16.5. The maximum absolute atomic E-state index is 12.4. The first-order valence-corrected chi connectivity index (χ1v) is 9.39. The Morgan fingerprint density at radius 1 is 0.931 bits per heavy atom. The molecule has 0 bridgehead atoms. The smallest absolute Gasteiger partial charge is 0.305 e. The van der Waals surface area contributed by atoms with Gasteiger partial charge in [-0.25, -0.2) is 0 Å². The van der Waals surface area contributed by atoms with Crippen molar-refractivity contribution in [3.8, 4) is 11.5 Å². The van der Waals surface area contributed by atoms with E-state index in [4.69, 9.17) is 14.2 Å². The van der Waals surface area contributed by atoms with E-state index in [1.165, 1.54) is 4.90 Å². The number of amides is 2. The number of imide groups is 1. The standard InChI is InChI=1S/C22H23NO6/c1-15-5-10-18-19(14-15)22(26)23(21(18)25)11-3-4-20(24)29-13-12-28-17-8-6-16(27-2)7-9-17/h5-10,14H,3-4,11-13H2,1-2H3. The summed E-state index contributed by atoms with van der Waals surface area (Å²) in [5.41, 5.74) is 1.76. The number of hydrogen-bond acceptors (Lipinski definition) is 6. The third-order valence-electron chi connectivity index (χ3n) is 4.56. The molecule has 3 rings (SSSR count). The van der Waals surface area contributed by atoms with E-state index in [9.17, 15) is 14.4 Å². The molecular formula is C22H23NO6. The van der Waals surface area contributed by atoms with Crippen LogP contribution in [0.4, 0.5) is 0 Å². The molecule has 29 heavy (non-hydrogen) atoms. The number of aryl methyl sites for hydroxylation is 1. The Labute approximate surface area is 169 Å². The van der Waals surface area contributed by atoms with Gasteiger partial charge >= 0.3 is 5.97 Å². The quantitative estimate of drug-likeness (QED) is 0.368. The van der Waals surface area contributed by atoms with E-state index in [0.717, 1.165) is 11.3 Å². The Morgan fingerprint density at radius 2 is 1.62 bits per heavy atom.